The molecule has 0 saturated carbocycles. The van der Waals surface area contributed by atoms with Crippen molar-refractivity contribution in [3.8, 4) is 0 Å². The number of ether oxygens (including phenoxy) is 4. The lowest BCUT2D eigenvalue weighted by atomic mass is 10.0. The predicted octanol–water partition coefficient (Wildman–Crippen LogP) is 4.16. The minimum Gasteiger partial charge on any atom is -0.352 e. The fraction of sp³-hybridized carbons (Fsp3) is 0.667. The van der Waals surface area contributed by atoms with E-state index < -0.39 is 18.0 Å². The van der Waals surface area contributed by atoms with Crippen molar-refractivity contribution in [3.63, 3.8) is 0 Å². The largest absolute Gasteiger partial charge is 0.416 e. The molecule has 0 aromatic heterocycles. The molecule has 140 valence electrons. The summed E-state index contributed by atoms with van der Waals surface area (Å²) >= 11 is 0. The summed E-state index contributed by atoms with van der Waals surface area (Å²) in [5.74, 6) is 0.403. The molecule has 0 radical (unpaired) electrons. The first kappa shape index (κ1) is 18.6. The fourth-order valence-corrected chi connectivity index (χ4v) is 3.10. The SMILES string of the molecule is CCCC1COC(C2COC(c3ccc(C(F)(F)F)cc3)OC2)OC1. The summed E-state index contributed by atoms with van der Waals surface area (Å²) in [6.07, 6.45) is -3.16. The Morgan fingerprint density at radius 3 is 2.04 bits per heavy atom. The van der Waals surface area contributed by atoms with E-state index in [-0.39, 0.29) is 12.2 Å². The number of benzene rings is 1. The molecule has 0 spiro atoms. The summed E-state index contributed by atoms with van der Waals surface area (Å²) in [4.78, 5) is 0. The van der Waals surface area contributed by atoms with E-state index in [9.17, 15) is 13.2 Å². The average Bonchev–Trinajstić information content (AvgIpc) is 2.62. The van der Waals surface area contributed by atoms with Crippen molar-refractivity contribution in [2.24, 2.45) is 11.8 Å². The van der Waals surface area contributed by atoms with Crippen LogP contribution in [0.2, 0.25) is 0 Å². The van der Waals surface area contributed by atoms with E-state index in [4.69, 9.17) is 18.9 Å². The Kier molecular flexibility index (Phi) is 5.99. The number of halogens is 3. The third kappa shape index (κ3) is 4.73. The second kappa shape index (κ2) is 8.03. The Morgan fingerprint density at radius 1 is 0.920 bits per heavy atom. The van der Waals surface area contributed by atoms with Crippen molar-refractivity contribution in [2.45, 2.75) is 38.5 Å². The third-order valence-corrected chi connectivity index (χ3v) is 4.51. The van der Waals surface area contributed by atoms with Gasteiger partial charge >= 0.3 is 6.18 Å². The molecule has 2 aliphatic heterocycles. The summed E-state index contributed by atoms with van der Waals surface area (Å²) in [5.41, 5.74) is -0.115. The molecule has 4 nitrogen and oxygen atoms in total. The first-order valence-corrected chi connectivity index (χ1v) is 8.61. The number of hydrogen-bond donors (Lipinski definition) is 0. The normalized spacial score (nSPS) is 31.0. The van der Waals surface area contributed by atoms with Gasteiger partial charge in [-0.2, -0.15) is 13.2 Å². The van der Waals surface area contributed by atoms with Crippen LogP contribution in [0.1, 0.15) is 37.2 Å². The monoisotopic (exact) mass is 360 g/mol. The third-order valence-electron chi connectivity index (χ3n) is 4.51. The predicted molar refractivity (Wildman–Crippen MR) is 83.7 cm³/mol. The van der Waals surface area contributed by atoms with Crippen LogP contribution >= 0.6 is 0 Å². The molecule has 0 aliphatic carbocycles. The highest BCUT2D eigenvalue weighted by Gasteiger charge is 2.34. The van der Waals surface area contributed by atoms with Gasteiger partial charge in [0.1, 0.15) is 0 Å². The molecule has 2 saturated heterocycles. The van der Waals surface area contributed by atoms with Crippen LogP contribution in [0.25, 0.3) is 0 Å². The summed E-state index contributed by atoms with van der Waals surface area (Å²) in [5, 5.41) is 0. The van der Waals surface area contributed by atoms with Crippen LogP contribution in [-0.4, -0.2) is 32.7 Å². The first-order valence-electron chi connectivity index (χ1n) is 8.61. The molecule has 0 unspecified atom stereocenters. The number of rotatable bonds is 4. The van der Waals surface area contributed by atoms with Crippen molar-refractivity contribution < 1.29 is 32.1 Å². The van der Waals surface area contributed by atoms with Crippen LogP contribution in [0.3, 0.4) is 0 Å². The highest BCUT2D eigenvalue weighted by atomic mass is 19.4. The van der Waals surface area contributed by atoms with Crippen molar-refractivity contribution in [1.29, 1.82) is 0 Å². The Labute approximate surface area is 145 Å². The van der Waals surface area contributed by atoms with Gasteiger partial charge in [-0.25, -0.2) is 0 Å². The molecule has 0 atom stereocenters. The van der Waals surface area contributed by atoms with E-state index in [0.717, 1.165) is 25.0 Å². The Morgan fingerprint density at radius 2 is 1.52 bits per heavy atom. The summed E-state index contributed by atoms with van der Waals surface area (Å²) < 4.78 is 60.7. The van der Waals surface area contributed by atoms with Crippen LogP contribution in [0.4, 0.5) is 13.2 Å². The molecule has 1 aromatic rings. The van der Waals surface area contributed by atoms with Gasteiger partial charge in [-0.3, -0.25) is 0 Å². The van der Waals surface area contributed by atoms with Crippen LogP contribution in [-0.2, 0) is 25.1 Å². The Bertz CT molecular complexity index is 530. The lowest BCUT2D eigenvalue weighted by Gasteiger charge is -2.37. The minimum absolute atomic E-state index is 0.0340. The molecule has 2 heterocycles. The van der Waals surface area contributed by atoms with Crippen molar-refractivity contribution in [1.82, 2.24) is 0 Å². The minimum atomic E-state index is -4.34. The van der Waals surface area contributed by atoms with E-state index in [2.05, 4.69) is 6.92 Å². The van der Waals surface area contributed by atoms with E-state index in [1.54, 1.807) is 0 Å². The quantitative estimate of drug-likeness (QED) is 0.808. The lowest BCUT2D eigenvalue weighted by Crippen LogP contribution is -2.43. The van der Waals surface area contributed by atoms with Gasteiger partial charge in [0, 0.05) is 11.5 Å². The van der Waals surface area contributed by atoms with Crippen LogP contribution in [0, 0.1) is 11.8 Å². The smallest absolute Gasteiger partial charge is 0.352 e. The Hall–Kier alpha value is -1.15. The maximum Gasteiger partial charge on any atom is 0.416 e. The molecule has 7 heteroatoms. The van der Waals surface area contributed by atoms with Crippen molar-refractivity contribution >= 4 is 0 Å². The standard InChI is InChI=1S/C18H23F3O4/c1-2-3-12-8-22-17(23-9-12)14-10-24-16(25-11-14)13-4-6-15(7-5-13)18(19,20)21/h4-7,12,14,16-17H,2-3,8-11H2,1H3. The first-order chi connectivity index (χ1) is 12.0. The molecular weight excluding hydrogens is 337 g/mol. The van der Waals surface area contributed by atoms with E-state index in [1.807, 2.05) is 0 Å². The highest BCUT2D eigenvalue weighted by Crippen LogP contribution is 2.33. The second-order valence-corrected chi connectivity index (χ2v) is 6.57. The molecule has 0 N–H and O–H groups in total. The average molecular weight is 360 g/mol. The van der Waals surface area contributed by atoms with Gasteiger partial charge in [-0.1, -0.05) is 25.5 Å². The molecule has 0 amide bonds. The van der Waals surface area contributed by atoms with Gasteiger partial charge in [-0.15, -0.1) is 0 Å². The number of alkyl halides is 3. The van der Waals surface area contributed by atoms with Gasteiger partial charge < -0.3 is 18.9 Å². The van der Waals surface area contributed by atoms with Gasteiger partial charge in [-0.05, 0) is 18.6 Å². The van der Waals surface area contributed by atoms with Crippen LogP contribution in [0.15, 0.2) is 24.3 Å². The van der Waals surface area contributed by atoms with Gasteiger partial charge in [0.05, 0.1) is 37.9 Å². The van der Waals surface area contributed by atoms with Gasteiger partial charge in [0.2, 0.25) is 0 Å². The Balaban J connectivity index is 1.49. The van der Waals surface area contributed by atoms with Crippen LogP contribution in [0.5, 0.6) is 0 Å². The molecule has 25 heavy (non-hydrogen) atoms. The second-order valence-electron chi connectivity index (χ2n) is 6.57. The van der Waals surface area contributed by atoms with Gasteiger partial charge in [0.25, 0.3) is 0 Å². The summed E-state index contributed by atoms with van der Waals surface area (Å²) in [6, 6.07) is 4.85. The highest BCUT2D eigenvalue weighted by molar-refractivity contribution is 5.25. The molecule has 3 rings (SSSR count). The summed E-state index contributed by atoms with van der Waals surface area (Å²) in [7, 11) is 0. The van der Waals surface area contributed by atoms with Gasteiger partial charge in [0.15, 0.2) is 12.6 Å². The van der Waals surface area contributed by atoms with E-state index in [0.29, 0.717) is 37.9 Å². The maximum absolute atomic E-state index is 12.6. The fourth-order valence-electron chi connectivity index (χ4n) is 3.10. The van der Waals surface area contributed by atoms with Crippen molar-refractivity contribution in [2.75, 3.05) is 26.4 Å². The molecule has 2 fully saturated rings. The van der Waals surface area contributed by atoms with Crippen molar-refractivity contribution in [3.05, 3.63) is 35.4 Å². The zero-order valence-electron chi connectivity index (χ0n) is 14.1. The van der Waals surface area contributed by atoms with Crippen LogP contribution < -0.4 is 0 Å². The maximum atomic E-state index is 12.6. The summed E-state index contributed by atoms with van der Waals surface area (Å²) in [6.45, 7) is 4.26. The zero-order chi connectivity index (χ0) is 17.9. The van der Waals surface area contributed by atoms with E-state index >= 15 is 0 Å². The lowest BCUT2D eigenvalue weighted by molar-refractivity contribution is -0.283. The van der Waals surface area contributed by atoms with E-state index in [1.165, 1.54) is 12.1 Å². The molecular formula is C18H23F3O4. The number of hydrogen-bond acceptors (Lipinski definition) is 4. The zero-order valence-corrected chi connectivity index (χ0v) is 14.1. The molecule has 1 aromatic carbocycles. The molecule has 0 bridgehead atoms. The molecule has 2 aliphatic rings. The topological polar surface area (TPSA) is 36.9 Å².